The number of rotatable bonds is 6. The molecule has 94 valence electrons. The van der Waals surface area contributed by atoms with Crippen molar-refractivity contribution in [3.8, 4) is 0 Å². The Morgan fingerprint density at radius 3 is 2.88 bits per heavy atom. The van der Waals surface area contributed by atoms with Gasteiger partial charge < -0.3 is 10.5 Å². The number of esters is 1. The van der Waals surface area contributed by atoms with Crippen LogP contribution in [0.15, 0.2) is 18.2 Å². The van der Waals surface area contributed by atoms with Crippen molar-refractivity contribution in [3.05, 3.63) is 29.3 Å². The van der Waals surface area contributed by atoms with E-state index in [0.717, 1.165) is 23.5 Å². The van der Waals surface area contributed by atoms with Crippen LogP contribution in [0.4, 0.5) is 5.69 Å². The molecule has 2 N–H and O–H groups in total. The minimum atomic E-state index is -0.269. The number of nitrogens with two attached hydrogens (primary N) is 1. The first kappa shape index (κ1) is 13.9. The molecule has 1 aromatic carbocycles. The normalized spacial score (nSPS) is 10.2. The number of thioether (sulfide) groups is 1. The van der Waals surface area contributed by atoms with E-state index in [1.165, 1.54) is 0 Å². The monoisotopic (exact) mass is 253 g/mol. The van der Waals surface area contributed by atoms with Gasteiger partial charge in [0, 0.05) is 5.69 Å². The summed E-state index contributed by atoms with van der Waals surface area (Å²) in [5, 5.41) is 0. The number of carbonyl (C=O) groups is 1. The van der Waals surface area contributed by atoms with E-state index in [-0.39, 0.29) is 5.97 Å². The minimum Gasteiger partial charge on any atom is -0.462 e. The summed E-state index contributed by atoms with van der Waals surface area (Å²) in [4.78, 5) is 11.7. The van der Waals surface area contributed by atoms with Gasteiger partial charge in [-0.25, -0.2) is 4.79 Å². The zero-order valence-electron chi connectivity index (χ0n) is 10.4. The van der Waals surface area contributed by atoms with Gasteiger partial charge in [-0.1, -0.05) is 6.92 Å². The maximum absolute atomic E-state index is 11.7. The molecule has 0 amide bonds. The molecule has 0 aliphatic heterocycles. The van der Waals surface area contributed by atoms with Crippen molar-refractivity contribution in [2.24, 2.45) is 0 Å². The molecule has 0 aliphatic rings. The summed E-state index contributed by atoms with van der Waals surface area (Å²) in [5.74, 6) is 1.87. The van der Waals surface area contributed by atoms with Gasteiger partial charge in [0.25, 0.3) is 0 Å². The number of aryl methyl sites for hydroxylation is 1. The predicted molar refractivity (Wildman–Crippen MR) is 73.5 cm³/mol. The molecule has 1 aromatic rings. The molecule has 0 unspecified atom stereocenters. The fraction of sp³-hybridized carbons (Fsp3) is 0.462. The van der Waals surface area contributed by atoms with Crippen molar-refractivity contribution in [1.29, 1.82) is 0 Å². The van der Waals surface area contributed by atoms with E-state index in [1.807, 2.05) is 18.7 Å². The van der Waals surface area contributed by atoms with Gasteiger partial charge >= 0.3 is 5.97 Å². The standard InChI is InChI=1S/C13H19NO2S/c1-3-17-8-4-7-16-13(15)11-5-6-12(14)10(2)9-11/h5-6,9H,3-4,7-8,14H2,1-2H3. The molecule has 0 bridgehead atoms. The van der Waals surface area contributed by atoms with Gasteiger partial charge in [-0.2, -0.15) is 11.8 Å². The summed E-state index contributed by atoms with van der Waals surface area (Å²) < 4.78 is 5.18. The van der Waals surface area contributed by atoms with Crippen LogP contribution in [0.3, 0.4) is 0 Å². The third kappa shape index (κ3) is 4.69. The first-order valence-corrected chi connectivity index (χ1v) is 6.91. The van der Waals surface area contributed by atoms with E-state index >= 15 is 0 Å². The Kier molecular flexibility index (Phi) is 5.91. The molecule has 0 heterocycles. The summed E-state index contributed by atoms with van der Waals surface area (Å²) in [6.07, 6.45) is 0.901. The maximum Gasteiger partial charge on any atom is 0.338 e. The van der Waals surface area contributed by atoms with E-state index in [1.54, 1.807) is 18.2 Å². The lowest BCUT2D eigenvalue weighted by molar-refractivity contribution is 0.0506. The molecule has 0 fully saturated rings. The van der Waals surface area contributed by atoms with Gasteiger partial charge in [0.2, 0.25) is 0 Å². The van der Waals surface area contributed by atoms with E-state index in [4.69, 9.17) is 10.5 Å². The Hall–Kier alpha value is -1.16. The average molecular weight is 253 g/mol. The Labute approximate surface area is 107 Å². The van der Waals surface area contributed by atoms with Crippen molar-refractivity contribution in [2.75, 3.05) is 23.8 Å². The second-order valence-corrected chi connectivity index (χ2v) is 5.15. The summed E-state index contributed by atoms with van der Waals surface area (Å²) in [7, 11) is 0. The third-order valence-corrected chi connectivity index (χ3v) is 3.36. The van der Waals surface area contributed by atoms with Crippen molar-refractivity contribution in [3.63, 3.8) is 0 Å². The fourth-order valence-corrected chi connectivity index (χ4v) is 1.97. The molecule has 1 rings (SSSR count). The second-order valence-electron chi connectivity index (χ2n) is 3.76. The first-order chi connectivity index (χ1) is 8.15. The zero-order chi connectivity index (χ0) is 12.7. The van der Waals surface area contributed by atoms with Crippen LogP contribution in [0.2, 0.25) is 0 Å². The highest BCUT2D eigenvalue weighted by Crippen LogP contribution is 2.13. The fourth-order valence-electron chi connectivity index (χ4n) is 1.36. The Bertz CT molecular complexity index is 380. The molecule has 0 saturated carbocycles. The molecule has 3 nitrogen and oxygen atoms in total. The van der Waals surface area contributed by atoms with Crippen molar-refractivity contribution in [2.45, 2.75) is 20.3 Å². The van der Waals surface area contributed by atoms with Crippen LogP contribution < -0.4 is 5.73 Å². The minimum absolute atomic E-state index is 0.269. The van der Waals surface area contributed by atoms with Crippen LogP contribution in [0, 0.1) is 6.92 Å². The number of carbonyl (C=O) groups excluding carboxylic acids is 1. The molecule has 0 aromatic heterocycles. The molecular formula is C13H19NO2S. The lowest BCUT2D eigenvalue weighted by Crippen LogP contribution is -2.07. The lowest BCUT2D eigenvalue weighted by Gasteiger charge is -2.06. The molecular weight excluding hydrogens is 234 g/mol. The Morgan fingerprint density at radius 1 is 1.47 bits per heavy atom. The molecule has 17 heavy (non-hydrogen) atoms. The van der Waals surface area contributed by atoms with E-state index in [9.17, 15) is 4.79 Å². The highest BCUT2D eigenvalue weighted by atomic mass is 32.2. The van der Waals surface area contributed by atoms with Crippen LogP contribution in [0.1, 0.15) is 29.3 Å². The molecule has 0 atom stereocenters. The average Bonchev–Trinajstić information content (AvgIpc) is 2.32. The van der Waals surface area contributed by atoms with Gasteiger partial charge in [-0.15, -0.1) is 0 Å². The summed E-state index contributed by atoms with van der Waals surface area (Å²) in [6.45, 7) is 4.48. The number of ether oxygens (including phenoxy) is 1. The van der Waals surface area contributed by atoms with Gasteiger partial charge in [-0.3, -0.25) is 0 Å². The van der Waals surface area contributed by atoms with E-state index in [0.29, 0.717) is 17.9 Å². The van der Waals surface area contributed by atoms with Crippen molar-refractivity contribution >= 4 is 23.4 Å². The molecule has 4 heteroatoms. The number of benzene rings is 1. The SMILES string of the molecule is CCSCCCOC(=O)c1ccc(N)c(C)c1. The van der Waals surface area contributed by atoms with E-state index in [2.05, 4.69) is 6.92 Å². The van der Waals surface area contributed by atoms with E-state index < -0.39 is 0 Å². The number of hydrogen-bond donors (Lipinski definition) is 1. The predicted octanol–water partition coefficient (Wildman–Crippen LogP) is 2.88. The van der Waals surface area contributed by atoms with Gasteiger partial charge in [0.1, 0.15) is 0 Å². The largest absolute Gasteiger partial charge is 0.462 e. The number of hydrogen-bond acceptors (Lipinski definition) is 4. The quantitative estimate of drug-likeness (QED) is 0.481. The highest BCUT2D eigenvalue weighted by molar-refractivity contribution is 7.99. The van der Waals surface area contributed by atoms with Gasteiger partial charge in [-0.05, 0) is 48.6 Å². The molecule has 0 saturated heterocycles. The summed E-state index contributed by atoms with van der Waals surface area (Å²) in [6, 6.07) is 5.20. The van der Waals surface area contributed by atoms with Gasteiger partial charge in [0.15, 0.2) is 0 Å². The summed E-state index contributed by atoms with van der Waals surface area (Å²) in [5.41, 5.74) is 7.86. The first-order valence-electron chi connectivity index (χ1n) is 5.76. The van der Waals surface area contributed by atoms with Crippen LogP contribution in [0.25, 0.3) is 0 Å². The van der Waals surface area contributed by atoms with Crippen LogP contribution in [-0.4, -0.2) is 24.1 Å². The van der Waals surface area contributed by atoms with Crippen LogP contribution in [0.5, 0.6) is 0 Å². The smallest absolute Gasteiger partial charge is 0.338 e. The number of anilines is 1. The zero-order valence-corrected chi connectivity index (χ0v) is 11.2. The lowest BCUT2D eigenvalue weighted by atomic mass is 10.1. The topological polar surface area (TPSA) is 52.3 Å². The van der Waals surface area contributed by atoms with Crippen molar-refractivity contribution < 1.29 is 9.53 Å². The summed E-state index contributed by atoms with van der Waals surface area (Å²) >= 11 is 1.85. The van der Waals surface area contributed by atoms with Crippen molar-refractivity contribution in [1.82, 2.24) is 0 Å². The molecule has 0 spiro atoms. The Balaban J connectivity index is 2.39. The number of nitrogen functional groups attached to an aromatic ring is 1. The Morgan fingerprint density at radius 2 is 2.24 bits per heavy atom. The second kappa shape index (κ2) is 7.22. The maximum atomic E-state index is 11.7. The van der Waals surface area contributed by atoms with Crippen LogP contribution >= 0.6 is 11.8 Å². The third-order valence-electron chi connectivity index (χ3n) is 2.38. The van der Waals surface area contributed by atoms with Crippen LogP contribution in [-0.2, 0) is 4.74 Å². The molecule has 0 radical (unpaired) electrons. The van der Waals surface area contributed by atoms with Gasteiger partial charge in [0.05, 0.1) is 12.2 Å². The molecule has 0 aliphatic carbocycles. The highest BCUT2D eigenvalue weighted by Gasteiger charge is 2.07.